The first kappa shape index (κ1) is 12.6. The first-order chi connectivity index (χ1) is 5.56. The van der Waals surface area contributed by atoms with Gasteiger partial charge in [-0.1, -0.05) is 15.9 Å². The molecule has 0 bridgehead atoms. The standard InChI is InChI=1S/C6H11BrF3NS/c7-2-1-3-11-4-5-12-6(8,9)10/h11H,1-5H2. The lowest BCUT2D eigenvalue weighted by Gasteiger charge is -2.05. The molecule has 0 heterocycles. The maximum atomic E-state index is 11.6. The van der Waals surface area contributed by atoms with Gasteiger partial charge in [0.25, 0.3) is 0 Å². The zero-order valence-corrected chi connectivity index (χ0v) is 8.86. The molecule has 0 atom stereocenters. The summed E-state index contributed by atoms with van der Waals surface area (Å²) in [4.78, 5) is 0. The van der Waals surface area contributed by atoms with E-state index in [-0.39, 0.29) is 17.5 Å². The first-order valence-corrected chi connectivity index (χ1v) is 5.64. The molecule has 74 valence electrons. The minimum Gasteiger partial charge on any atom is -0.316 e. The topological polar surface area (TPSA) is 12.0 Å². The predicted molar refractivity (Wildman–Crippen MR) is 49.8 cm³/mol. The molecule has 0 saturated carbocycles. The fourth-order valence-electron chi connectivity index (χ4n) is 0.556. The molecule has 0 unspecified atom stereocenters. The van der Waals surface area contributed by atoms with E-state index in [4.69, 9.17) is 0 Å². The summed E-state index contributed by atoms with van der Waals surface area (Å²) in [6.45, 7) is 1.18. The van der Waals surface area contributed by atoms with Crippen molar-refractivity contribution in [1.82, 2.24) is 5.32 Å². The highest BCUT2D eigenvalue weighted by molar-refractivity contribution is 9.09. The Balaban J connectivity index is 3.01. The summed E-state index contributed by atoms with van der Waals surface area (Å²) < 4.78 is 34.7. The number of rotatable bonds is 6. The van der Waals surface area contributed by atoms with Crippen molar-refractivity contribution >= 4 is 27.7 Å². The summed E-state index contributed by atoms with van der Waals surface area (Å²) in [5.74, 6) is 0.0891. The second-order valence-corrected chi connectivity index (χ2v) is 4.04. The van der Waals surface area contributed by atoms with Crippen molar-refractivity contribution in [2.24, 2.45) is 0 Å². The van der Waals surface area contributed by atoms with Crippen molar-refractivity contribution in [3.05, 3.63) is 0 Å². The molecule has 12 heavy (non-hydrogen) atoms. The van der Waals surface area contributed by atoms with Crippen molar-refractivity contribution in [2.45, 2.75) is 11.9 Å². The second kappa shape index (κ2) is 7.03. The first-order valence-electron chi connectivity index (χ1n) is 3.53. The van der Waals surface area contributed by atoms with Gasteiger partial charge in [-0.05, 0) is 24.7 Å². The van der Waals surface area contributed by atoms with Gasteiger partial charge in [-0.25, -0.2) is 0 Å². The number of thioether (sulfide) groups is 1. The van der Waals surface area contributed by atoms with Gasteiger partial charge in [0.1, 0.15) is 0 Å². The third-order valence-electron chi connectivity index (χ3n) is 1.03. The van der Waals surface area contributed by atoms with Gasteiger partial charge in [-0.2, -0.15) is 13.2 Å². The number of hydrogen-bond acceptors (Lipinski definition) is 2. The van der Waals surface area contributed by atoms with Gasteiger partial charge in [0.15, 0.2) is 0 Å². The molecule has 0 aliphatic rings. The van der Waals surface area contributed by atoms with E-state index < -0.39 is 5.51 Å². The monoisotopic (exact) mass is 265 g/mol. The third kappa shape index (κ3) is 10.6. The van der Waals surface area contributed by atoms with Crippen molar-refractivity contribution in [3.8, 4) is 0 Å². The molecule has 0 aromatic rings. The van der Waals surface area contributed by atoms with E-state index in [0.29, 0.717) is 6.54 Å². The summed E-state index contributed by atoms with van der Waals surface area (Å²) in [7, 11) is 0. The lowest BCUT2D eigenvalue weighted by atomic mass is 10.5. The fourth-order valence-corrected chi connectivity index (χ4v) is 1.31. The van der Waals surface area contributed by atoms with Crippen LogP contribution in [0.15, 0.2) is 0 Å². The Labute approximate surface area is 82.6 Å². The number of hydrogen-bond donors (Lipinski definition) is 1. The molecule has 0 spiro atoms. The molecule has 0 aliphatic carbocycles. The van der Waals surface area contributed by atoms with Crippen LogP contribution in [0.2, 0.25) is 0 Å². The van der Waals surface area contributed by atoms with Crippen molar-refractivity contribution in [3.63, 3.8) is 0 Å². The molecule has 0 amide bonds. The minimum absolute atomic E-state index is 0.0174. The lowest BCUT2D eigenvalue weighted by Crippen LogP contribution is -2.20. The van der Waals surface area contributed by atoms with Gasteiger partial charge in [0.2, 0.25) is 0 Å². The van der Waals surface area contributed by atoms with Crippen molar-refractivity contribution < 1.29 is 13.2 Å². The molecular formula is C6H11BrF3NS. The van der Waals surface area contributed by atoms with E-state index in [1.54, 1.807) is 0 Å². The van der Waals surface area contributed by atoms with Crippen LogP contribution in [0.4, 0.5) is 13.2 Å². The van der Waals surface area contributed by atoms with Gasteiger partial charge >= 0.3 is 5.51 Å². The Morgan fingerprint density at radius 1 is 1.25 bits per heavy atom. The zero-order chi connectivity index (χ0) is 9.45. The van der Waals surface area contributed by atoms with E-state index in [1.807, 2.05) is 0 Å². The van der Waals surface area contributed by atoms with Crippen LogP contribution in [-0.2, 0) is 0 Å². The molecule has 0 fully saturated rings. The van der Waals surface area contributed by atoms with Crippen LogP contribution >= 0.6 is 27.7 Å². The van der Waals surface area contributed by atoms with Gasteiger partial charge in [0, 0.05) is 17.6 Å². The SMILES string of the molecule is FC(F)(F)SCCNCCCBr. The normalized spacial score (nSPS) is 12.0. The predicted octanol–water partition coefficient (Wildman–Crippen LogP) is 2.61. The Hall–Kier alpha value is 0.580. The van der Waals surface area contributed by atoms with Crippen LogP contribution in [0.5, 0.6) is 0 Å². The average molecular weight is 266 g/mol. The number of halogens is 4. The molecule has 1 N–H and O–H groups in total. The smallest absolute Gasteiger partial charge is 0.316 e. The van der Waals surface area contributed by atoms with E-state index in [1.165, 1.54) is 0 Å². The average Bonchev–Trinajstić information content (AvgIpc) is 1.94. The minimum atomic E-state index is -4.09. The highest BCUT2D eigenvalue weighted by atomic mass is 79.9. The van der Waals surface area contributed by atoms with Crippen LogP contribution in [0, 0.1) is 0 Å². The highest BCUT2D eigenvalue weighted by Crippen LogP contribution is 2.29. The van der Waals surface area contributed by atoms with E-state index in [9.17, 15) is 13.2 Å². The molecule has 0 aliphatic heterocycles. The summed E-state index contributed by atoms with van der Waals surface area (Å²) in [6.07, 6.45) is 0.941. The molecular weight excluding hydrogens is 255 g/mol. The maximum absolute atomic E-state index is 11.6. The van der Waals surface area contributed by atoms with Gasteiger partial charge in [-0.15, -0.1) is 0 Å². The number of alkyl halides is 4. The van der Waals surface area contributed by atoms with Gasteiger partial charge < -0.3 is 5.32 Å². The van der Waals surface area contributed by atoms with Crippen LogP contribution in [-0.4, -0.2) is 29.7 Å². The lowest BCUT2D eigenvalue weighted by molar-refractivity contribution is -0.0327. The zero-order valence-electron chi connectivity index (χ0n) is 6.46. The molecule has 0 rings (SSSR count). The van der Waals surface area contributed by atoms with Gasteiger partial charge in [-0.3, -0.25) is 0 Å². The quantitative estimate of drug-likeness (QED) is 0.586. The summed E-state index contributed by atoms with van der Waals surface area (Å²) >= 11 is 3.24. The van der Waals surface area contributed by atoms with E-state index in [2.05, 4.69) is 21.2 Å². The molecule has 1 nitrogen and oxygen atoms in total. The second-order valence-electron chi connectivity index (χ2n) is 2.09. The maximum Gasteiger partial charge on any atom is 0.441 e. The van der Waals surface area contributed by atoms with Crippen molar-refractivity contribution in [1.29, 1.82) is 0 Å². The van der Waals surface area contributed by atoms with Crippen molar-refractivity contribution in [2.75, 3.05) is 24.2 Å². The van der Waals surface area contributed by atoms with Crippen LogP contribution in [0.1, 0.15) is 6.42 Å². The summed E-state index contributed by atoms with van der Waals surface area (Å²) in [6, 6.07) is 0. The Kier molecular flexibility index (Phi) is 7.37. The van der Waals surface area contributed by atoms with Crippen LogP contribution in [0.25, 0.3) is 0 Å². The Morgan fingerprint density at radius 3 is 2.42 bits per heavy atom. The van der Waals surface area contributed by atoms with Gasteiger partial charge in [0.05, 0.1) is 0 Å². The van der Waals surface area contributed by atoms with Crippen LogP contribution < -0.4 is 5.32 Å². The highest BCUT2D eigenvalue weighted by Gasteiger charge is 2.27. The Morgan fingerprint density at radius 2 is 1.92 bits per heavy atom. The fraction of sp³-hybridized carbons (Fsp3) is 1.00. The van der Waals surface area contributed by atoms with Crippen LogP contribution in [0.3, 0.4) is 0 Å². The molecule has 0 radical (unpaired) electrons. The molecule has 6 heteroatoms. The molecule has 0 aromatic heterocycles. The summed E-state index contributed by atoms with van der Waals surface area (Å²) in [5.41, 5.74) is -4.09. The summed E-state index contributed by atoms with van der Waals surface area (Å²) in [5, 5.41) is 3.79. The molecule has 0 aromatic carbocycles. The van der Waals surface area contributed by atoms with E-state index in [0.717, 1.165) is 18.3 Å². The Bertz CT molecular complexity index is 109. The molecule has 0 saturated heterocycles. The third-order valence-corrected chi connectivity index (χ3v) is 2.33. The largest absolute Gasteiger partial charge is 0.441 e. The number of nitrogens with one attached hydrogen (secondary N) is 1. The van der Waals surface area contributed by atoms with E-state index >= 15 is 0 Å².